The number of hydrogen-bond acceptors (Lipinski definition) is 10. The molecule has 1 amide bonds. The van der Waals surface area contributed by atoms with Crippen LogP contribution in [0.5, 0.6) is 0 Å². The van der Waals surface area contributed by atoms with Gasteiger partial charge in [0.05, 0.1) is 21.7 Å². The lowest BCUT2D eigenvalue weighted by atomic mass is 10.1. The van der Waals surface area contributed by atoms with Gasteiger partial charge < -0.3 is 14.7 Å². The maximum Gasteiger partial charge on any atom is 0.256 e. The van der Waals surface area contributed by atoms with E-state index in [1.54, 1.807) is 22.5 Å². The second kappa shape index (κ2) is 12.1. The molecule has 4 aromatic rings. The molecular weight excluding hydrogens is 574 g/mol. The van der Waals surface area contributed by atoms with E-state index in [1.807, 2.05) is 30.0 Å². The Morgan fingerprint density at radius 1 is 1.05 bits per heavy atom. The van der Waals surface area contributed by atoms with Crippen molar-refractivity contribution in [1.82, 2.24) is 29.2 Å². The average molecular weight is 610 g/mol. The highest BCUT2D eigenvalue weighted by atomic mass is 32.2. The predicted octanol–water partition coefficient (Wildman–Crippen LogP) is 4.09. The summed E-state index contributed by atoms with van der Waals surface area (Å²) in [5, 5.41) is 8.22. The molecule has 1 N–H and O–H groups in total. The summed E-state index contributed by atoms with van der Waals surface area (Å²) in [7, 11) is -3.59. The van der Waals surface area contributed by atoms with Crippen LogP contribution >= 0.6 is 11.3 Å². The minimum Gasteiger partial charge on any atom is -0.366 e. The van der Waals surface area contributed by atoms with E-state index in [1.165, 1.54) is 17.7 Å². The first-order valence-electron chi connectivity index (χ1n) is 14.3. The van der Waals surface area contributed by atoms with Gasteiger partial charge in [-0.2, -0.15) is 4.31 Å². The summed E-state index contributed by atoms with van der Waals surface area (Å²) in [6.45, 7) is 8.30. The number of piperazine rings is 1. The molecule has 1 atom stereocenters. The highest BCUT2D eigenvalue weighted by Crippen LogP contribution is 2.33. The standard InChI is InChI=1S/C29H35N7O4S2/c1-20-17-24(40-33-20)25-9-10-26(41-25)42(38,39)36-15-13-34(14-16-36)18-21(2)32-28-22-7-6-8-23(27(22)30-19-31-28)29(37)35-11-4-3-5-12-35/h6-10,17,19,21H,3-5,11-16,18H2,1-2H3,(H,30,31,32). The molecule has 5 heterocycles. The fourth-order valence-corrected chi connectivity index (χ4v) is 8.49. The van der Waals surface area contributed by atoms with Crippen molar-refractivity contribution in [1.29, 1.82) is 0 Å². The zero-order valence-corrected chi connectivity index (χ0v) is 25.5. The molecule has 13 heteroatoms. The van der Waals surface area contributed by atoms with Gasteiger partial charge in [-0.15, -0.1) is 11.3 Å². The normalized spacial score (nSPS) is 17.9. The topological polar surface area (TPSA) is 125 Å². The predicted molar refractivity (Wildman–Crippen MR) is 162 cm³/mol. The Morgan fingerprint density at radius 3 is 2.57 bits per heavy atom. The first-order chi connectivity index (χ1) is 20.3. The quantitative estimate of drug-likeness (QED) is 0.315. The van der Waals surface area contributed by atoms with Gasteiger partial charge in [-0.25, -0.2) is 18.4 Å². The molecule has 222 valence electrons. The van der Waals surface area contributed by atoms with Crippen LogP contribution in [0, 0.1) is 6.92 Å². The third-order valence-corrected chi connectivity index (χ3v) is 11.3. The number of thiophene rings is 1. The molecule has 0 saturated carbocycles. The van der Waals surface area contributed by atoms with Crippen molar-refractivity contribution in [2.75, 3.05) is 51.1 Å². The molecule has 3 aromatic heterocycles. The second-order valence-corrected chi connectivity index (χ2v) is 14.2. The highest BCUT2D eigenvalue weighted by Gasteiger charge is 2.31. The first kappa shape index (κ1) is 28.7. The van der Waals surface area contributed by atoms with Crippen LogP contribution in [-0.2, 0) is 10.0 Å². The van der Waals surface area contributed by atoms with Gasteiger partial charge in [0.15, 0.2) is 5.76 Å². The molecule has 42 heavy (non-hydrogen) atoms. The number of aromatic nitrogens is 3. The summed E-state index contributed by atoms with van der Waals surface area (Å²) in [4.78, 5) is 27.1. The molecule has 2 saturated heterocycles. The zero-order chi connectivity index (χ0) is 29.3. The number of para-hydroxylation sites is 1. The molecule has 11 nitrogen and oxygen atoms in total. The number of rotatable bonds is 8. The number of likely N-dealkylation sites (tertiary alicyclic amines) is 1. The number of fused-ring (bicyclic) bond motifs is 1. The summed E-state index contributed by atoms with van der Waals surface area (Å²) in [6, 6.07) is 10.9. The van der Waals surface area contributed by atoms with Gasteiger partial charge >= 0.3 is 0 Å². The monoisotopic (exact) mass is 609 g/mol. The number of aryl methyl sites for hydroxylation is 1. The van der Waals surface area contributed by atoms with E-state index >= 15 is 0 Å². The first-order valence-corrected chi connectivity index (χ1v) is 16.6. The molecule has 2 aliphatic rings. The van der Waals surface area contributed by atoms with Gasteiger partial charge in [-0.3, -0.25) is 9.69 Å². The van der Waals surface area contributed by atoms with Gasteiger partial charge in [0.2, 0.25) is 0 Å². The van der Waals surface area contributed by atoms with Crippen molar-refractivity contribution in [2.45, 2.75) is 43.4 Å². The number of sulfonamides is 1. The number of amides is 1. The Kier molecular flexibility index (Phi) is 8.26. The Morgan fingerprint density at radius 2 is 1.83 bits per heavy atom. The number of nitrogens with one attached hydrogen (secondary N) is 1. The molecule has 2 fully saturated rings. The van der Waals surface area contributed by atoms with E-state index in [-0.39, 0.29) is 11.9 Å². The smallest absolute Gasteiger partial charge is 0.256 e. The Hall–Kier alpha value is -3.39. The van der Waals surface area contributed by atoms with Crippen LogP contribution in [0.25, 0.3) is 21.5 Å². The molecule has 0 aliphatic carbocycles. The van der Waals surface area contributed by atoms with Gasteiger partial charge in [-0.05, 0) is 57.4 Å². The summed E-state index contributed by atoms with van der Waals surface area (Å²) in [5.41, 5.74) is 2.02. The van der Waals surface area contributed by atoms with Crippen LogP contribution in [0.15, 0.2) is 51.5 Å². The summed E-state index contributed by atoms with van der Waals surface area (Å²) in [6.07, 6.45) is 4.74. The van der Waals surface area contributed by atoms with E-state index in [2.05, 4.69) is 32.3 Å². The van der Waals surface area contributed by atoms with Gasteiger partial charge in [-0.1, -0.05) is 11.2 Å². The molecule has 1 aromatic carbocycles. The number of carbonyl (C=O) groups is 1. The molecule has 0 bridgehead atoms. The summed E-state index contributed by atoms with van der Waals surface area (Å²) < 4.78 is 33.8. The van der Waals surface area contributed by atoms with Crippen LogP contribution in [0.1, 0.15) is 42.2 Å². The van der Waals surface area contributed by atoms with Crippen LogP contribution < -0.4 is 5.32 Å². The number of piperidine rings is 1. The van der Waals surface area contributed by atoms with Crippen molar-refractivity contribution >= 4 is 44.0 Å². The Labute approximate surface area is 249 Å². The minimum atomic E-state index is -3.59. The lowest BCUT2D eigenvalue weighted by Gasteiger charge is -2.35. The molecular formula is C29H35N7O4S2. The van der Waals surface area contributed by atoms with Crippen molar-refractivity contribution in [2.24, 2.45) is 0 Å². The van der Waals surface area contributed by atoms with E-state index in [0.717, 1.165) is 54.9 Å². The van der Waals surface area contributed by atoms with Crippen LogP contribution in [0.3, 0.4) is 0 Å². The SMILES string of the molecule is Cc1cc(-c2ccc(S(=O)(=O)N3CCN(CC(C)Nc4ncnc5c(C(=O)N6CCCCC6)cccc45)CC3)s2)on1. The molecule has 6 rings (SSSR count). The molecule has 1 unspecified atom stereocenters. The van der Waals surface area contributed by atoms with Crippen molar-refractivity contribution in [3.8, 4) is 10.6 Å². The molecule has 2 aliphatic heterocycles. The van der Waals surface area contributed by atoms with Crippen LogP contribution in [0.4, 0.5) is 5.82 Å². The van der Waals surface area contributed by atoms with Crippen LogP contribution in [0.2, 0.25) is 0 Å². The fourth-order valence-electron chi connectivity index (χ4n) is 5.66. The summed E-state index contributed by atoms with van der Waals surface area (Å²) >= 11 is 1.20. The van der Waals surface area contributed by atoms with E-state index in [4.69, 9.17) is 4.52 Å². The third-order valence-electron chi connectivity index (χ3n) is 7.83. The van der Waals surface area contributed by atoms with E-state index < -0.39 is 10.0 Å². The molecule has 0 radical (unpaired) electrons. The third kappa shape index (κ3) is 5.91. The summed E-state index contributed by atoms with van der Waals surface area (Å²) in [5.74, 6) is 1.29. The zero-order valence-electron chi connectivity index (χ0n) is 23.8. The van der Waals surface area contributed by atoms with Gasteiger partial charge in [0.25, 0.3) is 15.9 Å². The van der Waals surface area contributed by atoms with Gasteiger partial charge in [0.1, 0.15) is 16.4 Å². The van der Waals surface area contributed by atoms with Crippen molar-refractivity contribution in [3.63, 3.8) is 0 Å². The average Bonchev–Trinajstić information content (AvgIpc) is 3.67. The van der Waals surface area contributed by atoms with Crippen LogP contribution in [-0.4, -0.2) is 95.4 Å². The Balaban J connectivity index is 1.07. The maximum atomic E-state index is 13.3. The largest absolute Gasteiger partial charge is 0.366 e. The maximum absolute atomic E-state index is 13.3. The minimum absolute atomic E-state index is 0.0256. The number of nitrogens with zero attached hydrogens (tertiary/aromatic N) is 6. The highest BCUT2D eigenvalue weighted by molar-refractivity contribution is 7.91. The number of anilines is 1. The van der Waals surface area contributed by atoms with Crippen molar-refractivity contribution in [3.05, 3.63) is 54.0 Å². The lowest BCUT2D eigenvalue weighted by molar-refractivity contribution is 0.0726. The number of carbonyl (C=O) groups excluding carboxylic acids is 1. The van der Waals surface area contributed by atoms with E-state index in [9.17, 15) is 13.2 Å². The fraction of sp³-hybridized carbons (Fsp3) is 0.448. The van der Waals surface area contributed by atoms with E-state index in [0.29, 0.717) is 53.0 Å². The van der Waals surface area contributed by atoms with Crippen molar-refractivity contribution < 1.29 is 17.7 Å². The number of benzene rings is 1. The van der Waals surface area contributed by atoms with Gasteiger partial charge in [0, 0.05) is 63.3 Å². The molecule has 0 spiro atoms. The number of hydrogen-bond donors (Lipinski definition) is 1. The second-order valence-electron chi connectivity index (χ2n) is 11.0. The lowest BCUT2D eigenvalue weighted by Crippen LogP contribution is -2.50. The Bertz CT molecular complexity index is 1670.